The molecule has 180 valence electrons. The lowest BCUT2D eigenvalue weighted by atomic mass is 10.0. The van der Waals surface area contributed by atoms with Crippen LogP contribution in [-0.4, -0.2) is 80.3 Å². The molecule has 12 heteroatoms. The Morgan fingerprint density at radius 1 is 1.35 bits per heavy atom. The fraction of sp³-hybridized carbons (Fsp3) is 0.455. The van der Waals surface area contributed by atoms with Crippen molar-refractivity contribution in [2.45, 2.75) is 31.4 Å². The normalized spacial score (nSPS) is 21.2. The van der Waals surface area contributed by atoms with Crippen molar-refractivity contribution in [3.8, 4) is 17.0 Å². The molecule has 1 N–H and O–H groups in total. The largest absolute Gasteiger partial charge is 0.479 e. The van der Waals surface area contributed by atoms with Gasteiger partial charge in [-0.05, 0) is 44.1 Å². The second-order valence-corrected chi connectivity index (χ2v) is 8.38. The highest BCUT2D eigenvalue weighted by Crippen LogP contribution is 2.34. The van der Waals surface area contributed by atoms with Crippen molar-refractivity contribution < 1.29 is 22.0 Å². The number of aromatic nitrogens is 6. The van der Waals surface area contributed by atoms with Crippen LogP contribution in [0.15, 0.2) is 30.5 Å². The third-order valence-electron chi connectivity index (χ3n) is 6.00. The maximum Gasteiger partial charge on any atom is 0.280 e. The Morgan fingerprint density at radius 2 is 2.21 bits per heavy atom. The van der Waals surface area contributed by atoms with Crippen LogP contribution >= 0.6 is 0 Å². The van der Waals surface area contributed by atoms with E-state index in [0.717, 1.165) is 10.5 Å². The van der Waals surface area contributed by atoms with Gasteiger partial charge in [-0.2, -0.15) is 4.98 Å². The minimum Gasteiger partial charge on any atom is -0.479 e. The van der Waals surface area contributed by atoms with E-state index in [4.69, 9.17) is 8.85 Å². The average Bonchev–Trinajstić information content (AvgIpc) is 3.47. The lowest BCUT2D eigenvalue weighted by molar-refractivity contribution is -0.0675. The summed E-state index contributed by atoms with van der Waals surface area (Å²) >= 11 is 0. The van der Waals surface area contributed by atoms with Gasteiger partial charge in [0.25, 0.3) is 5.92 Å². The van der Waals surface area contributed by atoms with E-state index in [-0.39, 0.29) is 24.8 Å². The topological polar surface area (TPSA) is 85.4 Å². The number of nitrogens with zero attached hydrogens (tertiary/aromatic N) is 7. The molecule has 0 spiro atoms. The van der Waals surface area contributed by atoms with Crippen molar-refractivity contribution in [2.75, 3.05) is 39.2 Å². The van der Waals surface area contributed by atoms with E-state index in [2.05, 4.69) is 25.7 Å². The summed E-state index contributed by atoms with van der Waals surface area (Å²) in [5.74, 6) is -3.24. The molecule has 1 saturated heterocycles. The molecule has 9 nitrogen and oxygen atoms in total. The standard InChI is InChI=1S/C22H25F3N8O/c1-13(11-23)33-17-10-14(4-5-16(17)28-30-33)15-6-9-32-19(15)20(34-3)27-21(29-32)26-18-7-8-31(2)12-22(18,24)25/h4-6,9-10,13,18H,7-8,11-12H2,1-3H3,(H,26,29)/t13-,18-/m1/s1/i2D3. The lowest BCUT2D eigenvalue weighted by Gasteiger charge is -2.36. The molecule has 1 aromatic carbocycles. The van der Waals surface area contributed by atoms with Gasteiger partial charge >= 0.3 is 0 Å². The SMILES string of the molecule is [2H]C([2H])([2H])N1CC[C@@H](Nc2nc(OC)c3c(-c4ccc5nnn([C@H](C)CF)c5c4)ccn3n2)C(F)(F)C1. The molecule has 0 amide bonds. The van der Waals surface area contributed by atoms with Crippen LogP contribution in [0.3, 0.4) is 0 Å². The number of ether oxygens (including phenoxy) is 1. The van der Waals surface area contributed by atoms with Crippen molar-refractivity contribution in [2.24, 2.45) is 0 Å². The van der Waals surface area contributed by atoms with Gasteiger partial charge in [0.05, 0.1) is 31.3 Å². The maximum atomic E-state index is 14.8. The van der Waals surface area contributed by atoms with Crippen LogP contribution in [0.4, 0.5) is 19.1 Å². The highest BCUT2D eigenvalue weighted by atomic mass is 19.3. The number of fused-ring (bicyclic) bond motifs is 2. The maximum absolute atomic E-state index is 14.8. The molecule has 2 atom stereocenters. The van der Waals surface area contributed by atoms with Crippen molar-refractivity contribution in [3.05, 3.63) is 30.5 Å². The van der Waals surface area contributed by atoms with Crippen molar-refractivity contribution in [1.82, 2.24) is 34.5 Å². The van der Waals surface area contributed by atoms with Gasteiger partial charge < -0.3 is 15.0 Å². The molecular formula is C22H25F3N8O. The summed E-state index contributed by atoms with van der Waals surface area (Å²) in [6, 6.07) is 5.40. The van der Waals surface area contributed by atoms with Crippen LogP contribution in [0.5, 0.6) is 5.88 Å². The third-order valence-corrected chi connectivity index (χ3v) is 6.00. The second kappa shape index (κ2) is 8.42. The van der Waals surface area contributed by atoms with Crippen LogP contribution in [-0.2, 0) is 0 Å². The van der Waals surface area contributed by atoms with Crippen LogP contribution < -0.4 is 10.1 Å². The Kier molecular flexibility index (Phi) is 4.70. The quantitative estimate of drug-likeness (QED) is 0.455. The molecule has 1 aliphatic rings. The Morgan fingerprint density at radius 3 is 2.94 bits per heavy atom. The Hall–Kier alpha value is -3.41. The fourth-order valence-corrected chi connectivity index (χ4v) is 4.20. The van der Waals surface area contributed by atoms with E-state index >= 15 is 0 Å². The Balaban J connectivity index is 1.48. The van der Waals surface area contributed by atoms with Crippen molar-refractivity contribution in [3.63, 3.8) is 0 Å². The second-order valence-electron chi connectivity index (χ2n) is 8.38. The van der Waals surface area contributed by atoms with Crippen LogP contribution in [0.2, 0.25) is 0 Å². The number of likely N-dealkylation sites (tertiary alicyclic amines) is 1. The Labute approximate surface area is 197 Å². The highest BCUT2D eigenvalue weighted by Gasteiger charge is 2.44. The van der Waals surface area contributed by atoms with Gasteiger partial charge in [-0.1, -0.05) is 11.3 Å². The third kappa shape index (κ3) is 3.81. The summed E-state index contributed by atoms with van der Waals surface area (Å²) in [6.07, 6.45) is 1.55. The molecule has 0 saturated carbocycles. The summed E-state index contributed by atoms with van der Waals surface area (Å²) in [7, 11) is 1.41. The van der Waals surface area contributed by atoms with Gasteiger partial charge in [-0.15, -0.1) is 10.2 Å². The molecule has 1 aliphatic heterocycles. The number of alkyl halides is 3. The first-order valence-corrected chi connectivity index (χ1v) is 10.8. The van der Waals surface area contributed by atoms with Gasteiger partial charge in [0.2, 0.25) is 11.8 Å². The van der Waals surface area contributed by atoms with E-state index in [1.165, 1.54) is 16.3 Å². The number of nitrogens with one attached hydrogen (secondary N) is 1. The molecule has 0 bridgehead atoms. The number of piperidine rings is 1. The van der Waals surface area contributed by atoms with E-state index in [9.17, 15) is 13.2 Å². The molecule has 4 aromatic rings. The molecular weight excluding hydrogens is 449 g/mol. The number of hydrogen-bond donors (Lipinski definition) is 1. The van der Waals surface area contributed by atoms with Crippen LogP contribution in [0.25, 0.3) is 27.7 Å². The van der Waals surface area contributed by atoms with Gasteiger partial charge in [0, 0.05) is 22.4 Å². The number of anilines is 1. The molecule has 1 fully saturated rings. The number of methoxy groups -OCH3 is 1. The van der Waals surface area contributed by atoms with Gasteiger partial charge in [0.15, 0.2) is 0 Å². The zero-order valence-corrected chi connectivity index (χ0v) is 18.5. The van der Waals surface area contributed by atoms with E-state index in [1.807, 2.05) is 12.1 Å². The molecule has 34 heavy (non-hydrogen) atoms. The van der Waals surface area contributed by atoms with Gasteiger partial charge in [0.1, 0.15) is 17.7 Å². The molecule has 0 radical (unpaired) electrons. The van der Waals surface area contributed by atoms with Crippen LogP contribution in [0, 0.1) is 0 Å². The first-order valence-electron chi connectivity index (χ1n) is 12.3. The van der Waals surface area contributed by atoms with Crippen molar-refractivity contribution in [1.29, 1.82) is 0 Å². The number of halogens is 3. The van der Waals surface area contributed by atoms with E-state index < -0.39 is 38.2 Å². The zero-order valence-electron chi connectivity index (χ0n) is 21.5. The summed E-state index contributed by atoms with van der Waals surface area (Å²) in [5.41, 5.74) is 3.26. The van der Waals surface area contributed by atoms with Crippen molar-refractivity contribution >= 4 is 22.5 Å². The van der Waals surface area contributed by atoms with Gasteiger partial charge in [-0.25, -0.2) is 22.4 Å². The lowest BCUT2D eigenvalue weighted by Crippen LogP contribution is -2.53. The number of rotatable bonds is 6. The minimum absolute atomic E-state index is 0.0221. The molecule has 5 rings (SSSR count). The predicted octanol–water partition coefficient (Wildman–Crippen LogP) is 3.43. The number of hydrogen-bond acceptors (Lipinski definition) is 7. The summed E-state index contributed by atoms with van der Waals surface area (Å²) in [6.45, 7) is -2.40. The summed E-state index contributed by atoms with van der Waals surface area (Å²) in [4.78, 5) is 5.11. The first-order chi connectivity index (χ1) is 17.5. The van der Waals surface area contributed by atoms with Crippen LogP contribution in [0.1, 0.15) is 23.5 Å². The highest BCUT2D eigenvalue weighted by molar-refractivity contribution is 5.89. The monoisotopic (exact) mass is 477 g/mol. The summed E-state index contributed by atoms with van der Waals surface area (Å²) < 4.78 is 73.6. The summed E-state index contributed by atoms with van der Waals surface area (Å²) in [5, 5.41) is 15.2. The predicted molar refractivity (Wildman–Crippen MR) is 121 cm³/mol. The molecule has 0 unspecified atom stereocenters. The zero-order chi connectivity index (χ0) is 26.5. The minimum atomic E-state index is -3.32. The first kappa shape index (κ1) is 19.0. The molecule has 3 aromatic heterocycles. The Bertz CT molecular complexity index is 1440. The van der Waals surface area contributed by atoms with Gasteiger partial charge in [-0.3, -0.25) is 0 Å². The molecule has 4 heterocycles. The number of benzene rings is 1. The molecule has 0 aliphatic carbocycles. The van der Waals surface area contributed by atoms with E-state index in [0.29, 0.717) is 22.1 Å². The average molecular weight is 478 g/mol. The smallest absolute Gasteiger partial charge is 0.280 e. The fourth-order valence-electron chi connectivity index (χ4n) is 4.20. The van der Waals surface area contributed by atoms with E-state index in [1.54, 1.807) is 25.3 Å².